The standard InChI is InChI=1S/C31H36BClN6O5/c1-3-34-29(41)18-26-31-38-37-19(2)39(31)27-14-13-24(17-25(27)30(36-26)20-9-11-22(33)12-10-20)44-15-5-8-28(40)35-23-7-4-6-21(16-23)32(42)43/h4,6-7,9-14,16-17,19,26,31,37-38,42-43H,3,5,8,15,18H2,1-2H3,(H,34,41)(H,35,40). The molecule has 3 aromatic rings. The summed E-state index contributed by atoms with van der Waals surface area (Å²) in [6.45, 7) is 4.79. The summed E-state index contributed by atoms with van der Waals surface area (Å²) in [5, 5.41) is 25.0. The van der Waals surface area contributed by atoms with E-state index in [4.69, 9.17) is 21.3 Å². The second kappa shape index (κ2) is 14.2. The van der Waals surface area contributed by atoms with Gasteiger partial charge in [-0.1, -0.05) is 35.9 Å². The number of amides is 2. The van der Waals surface area contributed by atoms with E-state index in [-0.39, 0.29) is 43.0 Å². The van der Waals surface area contributed by atoms with E-state index in [0.29, 0.717) is 41.5 Å². The van der Waals surface area contributed by atoms with Crippen LogP contribution in [0.15, 0.2) is 71.7 Å². The molecule has 5 rings (SSSR count). The number of hydrazine groups is 1. The minimum absolute atomic E-state index is 0.0677. The Morgan fingerprint density at radius 1 is 1.07 bits per heavy atom. The van der Waals surface area contributed by atoms with E-state index >= 15 is 0 Å². The molecule has 11 nitrogen and oxygen atoms in total. The zero-order valence-corrected chi connectivity index (χ0v) is 25.3. The largest absolute Gasteiger partial charge is 0.494 e. The van der Waals surface area contributed by atoms with E-state index in [1.165, 1.54) is 6.07 Å². The van der Waals surface area contributed by atoms with Crippen molar-refractivity contribution in [1.82, 2.24) is 16.2 Å². The first-order valence-electron chi connectivity index (χ1n) is 14.7. The molecule has 1 fully saturated rings. The molecular weight excluding hydrogens is 583 g/mol. The van der Waals surface area contributed by atoms with Crippen molar-refractivity contribution in [3.05, 3.63) is 82.9 Å². The van der Waals surface area contributed by atoms with Crippen LogP contribution in [0.5, 0.6) is 5.75 Å². The van der Waals surface area contributed by atoms with Gasteiger partial charge in [0.1, 0.15) is 11.9 Å². The summed E-state index contributed by atoms with van der Waals surface area (Å²) < 4.78 is 6.09. The Hall–Kier alpha value is -3.94. The van der Waals surface area contributed by atoms with Crippen molar-refractivity contribution in [2.24, 2.45) is 4.99 Å². The SMILES string of the molecule is CCNC(=O)CC1N=C(c2ccc(Cl)cc2)c2cc(OCCCC(=O)Nc3cccc(B(O)O)c3)ccc2N2C(C)NNC12. The minimum atomic E-state index is -1.61. The monoisotopic (exact) mass is 618 g/mol. The lowest BCUT2D eigenvalue weighted by Gasteiger charge is -2.31. The van der Waals surface area contributed by atoms with Crippen LogP contribution in [0, 0.1) is 0 Å². The summed E-state index contributed by atoms with van der Waals surface area (Å²) in [6, 6.07) is 19.4. The number of ether oxygens (including phenoxy) is 1. The minimum Gasteiger partial charge on any atom is -0.494 e. The first kappa shape index (κ1) is 31.5. The second-order valence-electron chi connectivity index (χ2n) is 10.7. The Kier molecular flexibility index (Phi) is 10.2. The van der Waals surface area contributed by atoms with Gasteiger partial charge in [-0.3, -0.25) is 14.6 Å². The van der Waals surface area contributed by atoms with Gasteiger partial charge < -0.3 is 30.3 Å². The van der Waals surface area contributed by atoms with Gasteiger partial charge in [0.15, 0.2) is 0 Å². The van der Waals surface area contributed by atoms with Gasteiger partial charge in [-0.2, -0.15) is 0 Å². The molecule has 44 heavy (non-hydrogen) atoms. The Balaban J connectivity index is 1.35. The number of carbonyl (C=O) groups is 2. The Morgan fingerprint density at radius 3 is 2.61 bits per heavy atom. The first-order chi connectivity index (χ1) is 21.2. The van der Waals surface area contributed by atoms with Gasteiger partial charge in [-0.05, 0) is 68.2 Å². The fourth-order valence-electron chi connectivity index (χ4n) is 5.43. The van der Waals surface area contributed by atoms with Crippen molar-refractivity contribution in [2.75, 3.05) is 23.4 Å². The number of carbonyl (C=O) groups excluding carboxylic acids is 2. The molecule has 0 aromatic heterocycles. The summed E-state index contributed by atoms with van der Waals surface area (Å²) in [5.41, 5.74) is 10.8. The number of aliphatic imine (C=N–C) groups is 1. The molecule has 0 saturated carbocycles. The van der Waals surface area contributed by atoms with Gasteiger partial charge in [0.05, 0.1) is 30.9 Å². The van der Waals surface area contributed by atoms with E-state index < -0.39 is 7.12 Å². The van der Waals surface area contributed by atoms with Gasteiger partial charge in [-0.25, -0.2) is 10.9 Å². The average molecular weight is 619 g/mol. The van der Waals surface area contributed by atoms with Crippen molar-refractivity contribution >= 4 is 53.1 Å². The van der Waals surface area contributed by atoms with E-state index in [1.807, 2.05) is 56.3 Å². The Bertz CT molecular complexity index is 1520. The number of anilines is 2. The van der Waals surface area contributed by atoms with Gasteiger partial charge >= 0.3 is 7.12 Å². The Labute approximate surface area is 261 Å². The fourth-order valence-corrected chi connectivity index (χ4v) is 5.56. The molecule has 2 aliphatic heterocycles. The molecule has 13 heteroatoms. The molecule has 6 N–H and O–H groups in total. The third kappa shape index (κ3) is 7.40. The zero-order valence-electron chi connectivity index (χ0n) is 24.6. The van der Waals surface area contributed by atoms with Gasteiger partial charge in [0.25, 0.3) is 0 Å². The molecule has 3 aromatic carbocycles. The van der Waals surface area contributed by atoms with Crippen LogP contribution in [0.2, 0.25) is 5.02 Å². The molecule has 0 bridgehead atoms. The van der Waals surface area contributed by atoms with Crippen molar-refractivity contribution in [1.29, 1.82) is 0 Å². The van der Waals surface area contributed by atoms with Crippen LogP contribution in [0.3, 0.4) is 0 Å². The maximum Gasteiger partial charge on any atom is 0.488 e. The summed E-state index contributed by atoms with van der Waals surface area (Å²) >= 11 is 6.21. The smallest absolute Gasteiger partial charge is 0.488 e. The number of halogens is 1. The maximum atomic E-state index is 12.7. The first-order valence-corrected chi connectivity index (χ1v) is 15.0. The summed E-state index contributed by atoms with van der Waals surface area (Å²) in [7, 11) is -1.61. The molecule has 2 heterocycles. The predicted octanol–water partition coefficient (Wildman–Crippen LogP) is 2.15. The van der Waals surface area contributed by atoms with Crippen LogP contribution in [0.25, 0.3) is 0 Å². The number of nitrogens with zero attached hydrogens (tertiary/aromatic N) is 2. The summed E-state index contributed by atoms with van der Waals surface area (Å²) in [6.07, 6.45) is 0.569. The Morgan fingerprint density at radius 2 is 1.86 bits per heavy atom. The van der Waals surface area contributed by atoms with Crippen LogP contribution in [0.1, 0.15) is 44.2 Å². The summed E-state index contributed by atoms with van der Waals surface area (Å²) in [4.78, 5) is 32.6. The topological polar surface area (TPSA) is 148 Å². The van der Waals surface area contributed by atoms with E-state index in [9.17, 15) is 19.6 Å². The highest BCUT2D eigenvalue weighted by Gasteiger charge is 2.40. The average Bonchev–Trinajstić information content (AvgIpc) is 3.33. The molecule has 2 aliphatic rings. The fraction of sp³-hybridized carbons (Fsp3) is 0.323. The van der Waals surface area contributed by atoms with Gasteiger partial charge in [0.2, 0.25) is 11.8 Å². The molecular formula is C31H36BClN6O5. The van der Waals surface area contributed by atoms with Crippen LogP contribution in [-0.4, -0.2) is 66.2 Å². The zero-order chi connectivity index (χ0) is 31.2. The molecule has 3 atom stereocenters. The third-order valence-corrected chi connectivity index (χ3v) is 7.74. The molecule has 0 spiro atoms. The molecule has 3 unspecified atom stereocenters. The third-order valence-electron chi connectivity index (χ3n) is 7.49. The number of hydrogen-bond donors (Lipinski definition) is 6. The number of benzene rings is 3. The van der Waals surface area contributed by atoms with E-state index in [1.54, 1.807) is 18.2 Å². The lowest BCUT2D eigenvalue weighted by Crippen LogP contribution is -2.47. The second-order valence-corrected chi connectivity index (χ2v) is 11.1. The highest BCUT2D eigenvalue weighted by Crippen LogP contribution is 2.36. The van der Waals surface area contributed by atoms with Crippen molar-refractivity contribution in [2.45, 2.75) is 51.5 Å². The highest BCUT2D eigenvalue weighted by atomic mass is 35.5. The van der Waals surface area contributed by atoms with Crippen LogP contribution < -0.4 is 36.6 Å². The summed E-state index contributed by atoms with van der Waals surface area (Å²) in [5.74, 6) is 0.349. The number of fused-ring (bicyclic) bond motifs is 3. The predicted molar refractivity (Wildman–Crippen MR) is 172 cm³/mol. The quantitative estimate of drug-likeness (QED) is 0.142. The van der Waals surface area contributed by atoms with Crippen LogP contribution in [-0.2, 0) is 9.59 Å². The molecule has 1 saturated heterocycles. The van der Waals surface area contributed by atoms with E-state index in [2.05, 4.69) is 26.4 Å². The number of nitrogens with one attached hydrogen (secondary N) is 4. The van der Waals surface area contributed by atoms with Crippen molar-refractivity contribution < 1.29 is 24.4 Å². The molecule has 0 radical (unpaired) electrons. The van der Waals surface area contributed by atoms with E-state index in [0.717, 1.165) is 22.5 Å². The lowest BCUT2D eigenvalue weighted by atomic mass is 9.80. The van der Waals surface area contributed by atoms with Gasteiger partial charge in [-0.15, -0.1) is 0 Å². The van der Waals surface area contributed by atoms with Crippen molar-refractivity contribution in [3.8, 4) is 5.75 Å². The highest BCUT2D eigenvalue weighted by molar-refractivity contribution is 6.58. The maximum absolute atomic E-state index is 12.7. The molecule has 230 valence electrons. The van der Waals surface area contributed by atoms with Crippen molar-refractivity contribution in [3.63, 3.8) is 0 Å². The van der Waals surface area contributed by atoms with Crippen LogP contribution >= 0.6 is 11.6 Å². The van der Waals surface area contributed by atoms with Gasteiger partial charge in [0, 0.05) is 40.5 Å². The normalized spacial score (nSPS) is 18.9. The molecule has 2 amide bonds. The van der Waals surface area contributed by atoms with Crippen LogP contribution in [0.4, 0.5) is 11.4 Å². The lowest BCUT2D eigenvalue weighted by molar-refractivity contribution is -0.121. The number of rotatable bonds is 11. The molecule has 0 aliphatic carbocycles. The number of hydrogen-bond acceptors (Lipinski definition) is 9.